The zero-order valence-corrected chi connectivity index (χ0v) is 16.7. The van der Waals surface area contributed by atoms with Crippen LogP contribution < -0.4 is 4.74 Å². The molecule has 2 aliphatic heterocycles. The summed E-state index contributed by atoms with van der Waals surface area (Å²) in [5.74, 6) is 0.961. The van der Waals surface area contributed by atoms with E-state index in [1.807, 2.05) is 18.2 Å². The van der Waals surface area contributed by atoms with Gasteiger partial charge in [0.1, 0.15) is 11.5 Å². The number of hydrogen-bond donors (Lipinski definition) is 1. The fraction of sp³-hybridized carbons (Fsp3) is 0.320. The highest BCUT2D eigenvalue weighted by Gasteiger charge is 2.32. The first kappa shape index (κ1) is 18.2. The third-order valence-electron chi connectivity index (χ3n) is 6.24. The summed E-state index contributed by atoms with van der Waals surface area (Å²) in [6.07, 6.45) is 6.39. The lowest BCUT2D eigenvalue weighted by atomic mass is 10.0. The summed E-state index contributed by atoms with van der Waals surface area (Å²) in [6, 6.07) is 11.6. The summed E-state index contributed by atoms with van der Waals surface area (Å²) >= 11 is 0. The first-order chi connectivity index (χ1) is 14.1. The standard InChI is InChI=1S/C25H25NO3/c1-16-13-17-7-3-4-8-18(17)20(16)14-23-24(28)19-9-10-22(27)21(25(19)29-23)15-26-11-5-2-6-12-26/h3-4,7-10,14,27H,2,5-6,11-13,15H2,1H3/b23-14-. The van der Waals surface area contributed by atoms with Crippen LogP contribution in [0.25, 0.3) is 5.57 Å². The highest BCUT2D eigenvalue weighted by molar-refractivity contribution is 6.14. The molecule has 148 valence electrons. The molecule has 2 aromatic carbocycles. The molecule has 2 aromatic rings. The van der Waals surface area contributed by atoms with Crippen molar-refractivity contribution >= 4 is 11.4 Å². The predicted octanol–water partition coefficient (Wildman–Crippen LogP) is 4.87. The minimum absolute atomic E-state index is 0.107. The smallest absolute Gasteiger partial charge is 0.231 e. The number of ether oxygens (including phenoxy) is 1. The molecule has 1 N–H and O–H groups in total. The van der Waals surface area contributed by atoms with Gasteiger partial charge in [0.15, 0.2) is 5.76 Å². The van der Waals surface area contributed by atoms with Gasteiger partial charge in [0.05, 0.1) is 11.1 Å². The van der Waals surface area contributed by atoms with E-state index in [1.54, 1.807) is 12.1 Å². The minimum atomic E-state index is -0.107. The molecule has 4 nitrogen and oxygen atoms in total. The van der Waals surface area contributed by atoms with Gasteiger partial charge < -0.3 is 9.84 Å². The third-order valence-corrected chi connectivity index (χ3v) is 6.24. The molecule has 0 saturated carbocycles. The fourth-order valence-corrected chi connectivity index (χ4v) is 4.67. The molecule has 3 aliphatic rings. The molecule has 1 fully saturated rings. The molecule has 0 unspecified atom stereocenters. The minimum Gasteiger partial charge on any atom is -0.507 e. The maximum absolute atomic E-state index is 13.0. The highest BCUT2D eigenvalue weighted by Crippen LogP contribution is 2.42. The molecule has 1 saturated heterocycles. The van der Waals surface area contributed by atoms with E-state index in [0.29, 0.717) is 23.6 Å². The van der Waals surface area contributed by atoms with Gasteiger partial charge in [-0.3, -0.25) is 9.69 Å². The van der Waals surface area contributed by atoms with Crippen LogP contribution in [0, 0.1) is 0 Å². The van der Waals surface area contributed by atoms with E-state index in [9.17, 15) is 9.90 Å². The first-order valence-electron chi connectivity index (χ1n) is 10.4. The van der Waals surface area contributed by atoms with Crippen LogP contribution in [-0.2, 0) is 13.0 Å². The van der Waals surface area contributed by atoms with E-state index in [0.717, 1.165) is 30.6 Å². The Bertz CT molecular complexity index is 1060. The summed E-state index contributed by atoms with van der Waals surface area (Å²) in [7, 11) is 0. The second kappa shape index (κ2) is 7.20. The molecule has 4 heteroatoms. The van der Waals surface area contributed by atoms with Crippen LogP contribution >= 0.6 is 0 Å². The zero-order valence-electron chi connectivity index (χ0n) is 16.7. The van der Waals surface area contributed by atoms with Crippen LogP contribution in [0.5, 0.6) is 11.5 Å². The second-order valence-electron chi connectivity index (χ2n) is 8.24. The second-order valence-corrected chi connectivity index (χ2v) is 8.24. The number of likely N-dealkylation sites (tertiary alicyclic amines) is 1. The van der Waals surface area contributed by atoms with Crippen molar-refractivity contribution in [3.8, 4) is 11.5 Å². The number of phenolic OH excluding ortho intramolecular Hbond substituents is 1. The van der Waals surface area contributed by atoms with Gasteiger partial charge in [-0.15, -0.1) is 0 Å². The van der Waals surface area contributed by atoms with E-state index >= 15 is 0 Å². The number of carbonyl (C=O) groups is 1. The summed E-state index contributed by atoms with van der Waals surface area (Å²) in [6.45, 7) is 4.75. The Morgan fingerprint density at radius 1 is 1.07 bits per heavy atom. The van der Waals surface area contributed by atoms with E-state index in [4.69, 9.17) is 4.74 Å². The number of nitrogens with zero attached hydrogens (tertiary/aromatic N) is 1. The number of fused-ring (bicyclic) bond motifs is 2. The third kappa shape index (κ3) is 3.18. The van der Waals surface area contributed by atoms with Crippen LogP contribution in [0.4, 0.5) is 0 Å². The monoisotopic (exact) mass is 387 g/mol. The number of carbonyl (C=O) groups excluding carboxylic acids is 1. The van der Waals surface area contributed by atoms with Gasteiger partial charge in [-0.2, -0.15) is 0 Å². The van der Waals surface area contributed by atoms with Crippen LogP contribution in [0.2, 0.25) is 0 Å². The van der Waals surface area contributed by atoms with Crippen molar-refractivity contribution in [1.29, 1.82) is 0 Å². The molecule has 0 spiro atoms. The van der Waals surface area contributed by atoms with Gasteiger partial charge in [-0.1, -0.05) is 36.3 Å². The summed E-state index contributed by atoms with van der Waals surface area (Å²) in [5, 5.41) is 10.5. The highest BCUT2D eigenvalue weighted by atomic mass is 16.5. The molecule has 0 radical (unpaired) electrons. The van der Waals surface area contributed by atoms with Gasteiger partial charge in [0, 0.05) is 6.54 Å². The van der Waals surface area contributed by atoms with Crippen LogP contribution in [0.3, 0.4) is 0 Å². The normalized spacial score (nSPS) is 20.2. The molecule has 0 aromatic heterocycles. The number of phenols is 1. The summed E-state index contributed by atoms with van der Waals surface area (Å²) < 4.78 is 6.09. The molecule has 1 aliphatic carbocycles. The van der Waals surface area contributed by atoms with Crippen molar-refractivity contribution in [1.82, 2.24) is 4.90 Å². The van der Waals surface area contributed by atoms with E-state index in [1.165, 1.54) is 36.0 Å². The number of allylic oxidation sites excluding steroid dienone is 4. The lowest BCUT2D eigenvalue weighted by Crippen LogP contribution is -2.29. The zero-order chi connectivity index (χ0) is 20.0. The molecule has 5 rings (SSSR count). The van der Waals surface area contributed by atoms with Crippen molar-refractivity contribution in [3.63, 3.8) is 0 Å². The van der Waals surface area contributed by atoms with Gasteiger partial charge in [0.25, 0.3) is 0 Å². The molecular weight excluding hydrogens is 362 g/mol. The Morgan fingerprint density at radius 3 is 2.69 bits per heavy atom. The molecule has 0 bridgehead atoms. The van der Waals surface area contributed by atoms with Gasteiger partial charge in [0.2, 0.25) is 5.78 Å². The number of aromatic hydroxyl groups is 1. The average molecular weight is 387 g/mol. The SMILES string of the molecule is CC1=C(/C=C2\Oc3c(ccc(O)c3CN3CCCCC3)C2=O)c2ccccc2C1. The van der Waals surface area contributed by atoms with Crippen molar-refractivity contribution < 1.29 is 14.6 Å². The van der Waals surface area contributed by atoms with Crippen LogP contribution in [0.1, 0.15) is 53.2 Å². The average Bonchev–Trinajstić information content (AvgIpc) is 3.22. The van der Waals surface area contributed by atoms with Crippen LogP contribution in [-0.4, -0.2) is 28.9 Å². The Balaban J connectivity index is 1.49. The van der Waals surface area contributed by atoms with E-state index in [2.05, 4.69) is 24.0 Å². The number of ketones is 1. The Morgan fingerprint density at radius 2 is 1.86 bits per heavy atom. The summed E-state index contributed by atoms with van der Waals surface area (Å²) in [4.78, 5) is 15.4. The predicted molar refractivity (Wildman–Crippen MR) is 113 cm³/mol. The molecule has 0 amide bonds. The van der Waals surface area contributed by atoms with Gasteiger partial charge in [-0.25, -0.2) is 0 Å². The number of rotatable bonds is 3. The summed E-state index contributed by atoms with van der Waals surface area (Å²) in [5.41, 5.74) is 6.02. The largest absolute Gasteiger partial charge is 0.507 e. The molecule has 29 heavy (non-hydrogen) atoms. The maximum atomic E-state index is 13.0. The number of benzene rings is 2. The van der Waals surface area contributed by atoms with Crippen molar-refractivity contribution in [2.24, 2.45) is 0 Å². The topological polar surface area (TPSA) is 49.8 Å². The van der Waals surface area contributed by atoms with Crippen molar-refractivity contribution in [2.45, 2.75) is 39.2 Å². The Kier molecular flexibility index (Phi) is 4.51. The van der Waals surface area contributed by atoms with E-state index < -0.39 is 0 Å². The number of hydrogen-bond acceptors (Lipinski definition) is 4. The maximum Gasteiger partial charge on any atom is 0.231 e. The first-order valence-corrected chi connectivity index (χ1v) is 10.4. The van der Waals surface area contributed by atoms with Gasteiger partial charge >= 0.3 is 0 Å². The number of piperidine rings is 1. The molecule has 0 atom stereocenters. The molecule has 2 heterocycles. The van der Waals surface area contributed by atoms with Crippen molar-refractivity contribution in [2.75, 3.05) is 13.1 Å². The van der Waals surface area contributed by atoms with Crippen molar-refractivity contribution in [3.05, 3.63) is 76.1 Å². The van der Waals surface area contributed by atoms with Crippen LogP contribution in [0.15, 0.2) is 53.8 Å². The lowest BCUT2D eigenvalue weighted by Gasteiger charge is -2.27. The van der Waals surface area contributed by atoms with Gasteiger partial charge in [-0.05, 0) is 74.2 Å². The number of Topliss-reactive ketones (excluding diaryl/α,β-unsaturated/α-hetero) is 1. The Hall–Kier alpha value is -2.85. The van der Waals surface area contributed by atoms with E-state index in [-0.39, 0.29) is 11.5 Å². The molecular formula is C25H25NO3. The quantitative estimate of drug-likeness (QED) is 0.764. The Labute approximate surface area is 171 Å². The fourth-order valence-electron chi connectivity index (χ4n) is 4.67. The lowest BCUT2D eigenvalue weighted by molar-refractivity contribution is 0.101.